The van der Waals surface area contributed by atoms with Gasteiger partial charge in [-0.3, -0.25) is 0 Å². The smallest absolute Gasteiger partial charge is 0.143 e. The average Bonchev–Trinajstić information content (AvgIpc) is 2.19. The van der Waals surface area contributed by atoms with Crippen LogP contribution in [0.1, 0.15) is 0 Å². The molecule has 0 bridgehead atoms. The van der Waals surface area contributed by atoms with Gasteiger partial charge in [0, 0.05) is 12.2 Å². The number of nitrogens with one attached hydrogen (secondary N) is 1. The number of hydrogen-bond donors (Lipinski definition) is 4. The van der Waals surface area contributed by atoms with Gasteiger partial charge in [-0.25, -0.2) is 0 Å². The monoisotopic (exact) mass is 214 g/mol. The van der Waals surface area contributed by atoms with E-state index in [2.05, 4.69) is 17.9 Å². The van der Waals surface area contributed by atoms with Gasteiger partial charge in [-0.15, -0.1) is 12.6 Å². The number of thiol groups is 1. The second-order valence-electron chi connectivity index (χ2n) is 2.68. The zero-order chi connectivity index (χ0) is 10.4. The number of ether oxygens (including phenoxy) is 1. The molecule has 4 N–H and O–H groups in total. The Kier molecular flexibility index (Phi) is 4.42. The summed E-state index contributed by atoms with van der Waals surface area (Å²) in [5.74, 6) is 0.919. The minimum Gasteiger partial charge on any atom is -0.481 e. The van der Waals surface area contributed by atoms with E-state index in [0.29, 0.717) is 23.9 Å². The number of benzene rings is 1. The maximum Gasteiger partial charge on any atom is 0.143 e. The van der Waals surface area contributed by atoms with Gasteiger partial charge in [-0.05, 0) is 18.2 Å². The number of aliphatic hydroxyl groups excluding tert-OH is 1. The van der Waals surface area contributed by atoms with Crippen molar-refractivity contribution in [3.63, 3.8) is 0 Å². The Morgan fingerprint density at radius 2 is 2.29 bits per heavy atom. The van der Waals surface area contributed by atoms with Gasteiger partial charge in [-0.2, -0.15) is 0 Å². The van der Waals surface area contributed by atoms with Gasteiger partial charge in [0.15, 0.2) is 0 Å². The topological polar surface area (TPSA) is 67.5 Å². The third kappa shape index (κ3) is 3.01. The molecule has 5 heteroatoms. The Hall–Kier alpha value is -1.07. The van der Waals surface area contributed by atoms with Crippen LogP contribution >= 0.6 is 12.6 Å². The van der Waals surface area contributed by atoms with Gasteiger partial charge in [0.2, 0.25) is 0 Å². The highest BCUT2D eigenvalue weighted by atomic mass is 32.1. The maximum atomic E-state index is 8.61. The lowest BCUT2D eigenvalue weighted by Crippen LogP contribution is -2.06. The Morgan fingerprint density at radius 1 is 1.50 bits per heavy atom. The van der Waals surface area contributed by atoms with Crippen molar-refractivity contribution in [2.75, 3.05) is 30.1 Å². The standard InChI is InChI=1S/C9H14N2O2S/c10-8-5-7(11-3-4-12)1-2-9(8)13-6-14/h1-2,5,11-12,14H,3-4,6,10H2. The van der Waals surface area contributed by atoms with E-state index in [1.165, 1.54) is 0 Å². The molecule has 0 unspecified atom stereocenters. The fraction of sp³-hybridized carbons (Fsp3) is 0.333. The number of aliphatic hydroxyl groups is 1. The van der Waals surface area contributed by atoms with E-state index in [1.54, 1.807) is 12.1 Å². The summed E-state index contributed by atoms with van der Waals surface area (Å²) in [5.41, 5.74) is 7.14. The Balaban J connectivity index is 2.68. The number of anilines is 2. The number of nitrogens with two attached hydrogens (primary N) is 1. The molecule has 0 radical (unpaired) electrons. The fourth-order valence-corrected chi connectivity index (χ4v) is 1.20. The van der Waals surface area contributed by atoms with Crippen LogP contribution in [0.2, 0.25) is 0 Å². The lowest BCUT2D eigenvalue weighted by atomic mass is 10.2. The van der Waals surface area contributed by atoms with E-state index in [4.69, 9.17) is 15.6 Å². The van der Waals surface area contributed by atoms with Crippen molar-refractivity contribution in [1.82, 2.24) is 0 Å². The molecule has 1 aromatic rings. The summed E-state index contributed by atoms with van der Waals surface area (Å²) < 4.78 is 5.16. The highest BCUT2D eigenvalue weighted by Crippen LogP contribution is 2.24. The molecule has 0 atom stereocenters. The van der Waals surface area contributed by atoms with Crippen molar-refractivity contribution in [2.45, 2.75) is 0 Å². The first-order valence-corrected chi connectivity index (χ1v) is 4.89. The van der Waals surface area contributed by atoms with Crippen LogP contribution in [0.25, 0.3) is 0 Å². The average molecular weight is 214 g/mol. The maximum absolute atomic E-state index is 8.61. The molecule has 0 spiro atoms. The lowest BCUT2D eigenvalue weighted by Gasteiger charge is -2.09. The molecule has 0 aliphatic heterocycles. The van der Waals surface area contributed by atoms with Crippen LogP contribution in [0.15, 0.2) is 18.2 Å². The Morgan fingerprint density at radius 3 is 2.86 bits per heavy atom. The zero-order valence-electron chi connectivity index (χ0n) is 7.73. The van der Waals surface area contributed by atoms with Crippen LogP contribution in [-0.4, -0.2) is 24.2 Å². The van der Waals surface area contributed by atoms with Crippen molar-refractivity contribution >= 4 is 24.0 Å². The molecule has 0 heterocycles. The first kappa shape index (κ1) is 11.0. The summed E-state index contributed by atoms with van der Waals surface area (Å²) in [5, 5.41) is 11.6. The molecule has 0 aromatic heterocycles. The van der Waals surface area contributed by atoms with Gasteiger partial charge < -0.3 is 20.9 Å². The fourth-order valence-electron chi connectivity index (χ4n) is 1.06. The summed E-state index contributed by atoms with van der Waals surface area (Å²) >= 11 is 3.94. The highest BCUT2D eigenvalue weighted by Gasteiger charge is 2.00. The van der Waals surface area contributed by atoms with Crippen LogP contribution in [0.3, 0.4) is 0 Å². The van der Waals surface area contributed by atoms with Crippen molar-refractivity contribution in [3.8, 4) is 5.75 Å². The van der Waals surface area contributed by atoms with E-state index in [-0.39, 0.29) is 6.61 Å². The largest absolute Gasteiger partial charge is 0.481 e. The summed E-state index contributed by atoms with van der Waals surface area (Å²) in [6, 6.07) is 5.37. The van der Waals surface area contributed by atoms with E-state index in [1.807, 2.05) is 6.07 Å². The Labute approximate surface area is 88.5 Å². The lowest BCUT2D eigenvalue weighted by molar-refractivity contribution is 0.311. The first-order chi connectivity index (χ1) is 6.77. The summed E-state index contributed by atoms with van der Waals surface area (Å²) in [6.45, 7) is 0.598. The van der Waals surface area contributed by atoms with Crippen LogP contribution in [0.4, 0.5) is 11.4 Å². The van der Waals surface area contributed by atoms with Gasteiger partial charge >= 0.3 is 0 Å². The minimum atomic E-state index is 0.0921. The zero-order valence-corrected chi connectivity index (χ0v) is 8.63. The normalized spacial score (nSPS) is 9.86. The van der Waals surface area contributed by atoms with Gasteiger partial charge in [0.1, 0.15) is 11.7 Å². The van der Waals surface area contributed by atoms with E-state index >= 15 is 0 Å². The molecule has 1 aromatic carbocycles. The molecular formula is C9H14N2O2S. The van der Waals surface area contributed by atoms with E-state index < -0.39 is 0 Å². The molecule has 0 aliphatic carbocycles. The van der Waals surface area contributed by atoms with Crippen LogP contribution in [0, 0.1) is 0 Å². The number of nitrogen functional groups attached to an aromatic ring is 1. The predicted octanol–water partition coefficient (Wildman–Crippen LogP) is 0.939. The third-order valence-corrected chi connectivity index (χ3v) is 1.80. The molecule has 0 saturated heterocycles. The molecule has 78 valence electrons. The molecule has 4 nitrogen and oxygen atoms in total. The van der Waals surface area contributed by atoms with Crippen molar-refractivity contribution in [3.05, 3.63) is 18.2 Å². The molecule has 0 amide bonds. The second-order valence-corrected chi connectivity index (χ2v) is 2.93. The Bertz CT molecular complexity index is 294. The highest BCUT2D eigenvalue weighted by molar-refractivity contribution is 7.80. The van der Waals surface area contributed by atoms with Crippen LogP contribution in [0.5, 0.6) is 5.75 Å². The molecule has 0 saturated carbocycles. The summed E-state index contributed by atoms with van der Waals surface area (Å²) in [6.07, 6.45) is 0. The van der Waals surface area contributed by atoms with E-state index in [9.17, 15) is 0 Å². The number of hydrogen-bond acceptors (Lipinski definition) is 5. The molecule has 1 rings (SSSR count). The molecule has 14 heavy (non-hydrogen) atoms. The van der Waals surface area contributed by atoms with E-state index in [0.717, 1.165) is 5.69 Å². The molecular weight excluding hydrogens is 200 g/mol. The molecule has 0 aliphatic rings. The number of rotatable bonds is 5. The van der Waals surface area contributed by atoms with Gasteiger partial charge in [-0.1, -0.05) is 0 Å². The second kappa shape index (κ2) is 5.62. The summed E-state index contributed by atoms with van der Waals surface area (Å²) in [4.78, 5) is 0. The van der Waals surface area contributed by atoms with Crippen molar-refractivity contribution < 1.29 is 9.84 Å². The van der Waals surface area contributed by atoms with Crippen LogP contribution in [-0.2, 0) is 0 Å². The van der Waals surface area contributed by atoms with Gasteiger partial charge in [0.05, 0.1) is 12.3 Å². The SMILES string of the molecule is Nc1cc(NCCO)ccc1OCS. The first-order valence-electron chi connectivity index (χ1n) is 4.26. The quantitative estimate of drug-likeness (QED) is 0.334. The van der Waals surface area contributed by atoms with Gasteiger partial charge in [0.25, 0.3) is 0 Å². The predicted molar refractivity (Wildman–Crippen MR) is 60.9 cm³/mol. The van der Waals surface area contributed by atoms with Crippen LogP contribution < -0.4 is 15.8 Å². The minimum absolute atomic E-state index is 0.0921. The summed E-state index contributed by atoms with van der Waals surface area (Å²) in [7, 11) is 0. The van der Waals surface area contributed by atoms with Crippen molar-refractivity contribution in [1.29, 1.82) is 0 Å². The third-order valence-electron chi connectivity index (χ3n) is 1.67. The molecule has 0 fully saturated rings. The van der Waals surface area contributed by atoms with Crippen molar-refractivity contribution in [2.24, 2.45) is 0 Å².